The number of aliphatic hydroxyl groups excluding tert-OH is 1. The fourth-order valence-corrected chi connectivity index (χ4v) is 1.01. The van der Waals surface area contributed by atoms with Gasteiger partial charge in [-0.15, -0.1) is 5.10 Å². The zero-order valence-electron chi connectivity index (χ0n) is 8.02. The lowest BCUT2D eigenvalue weighted by atomic mass is 10.3. The van der Waals surface area contributed by atoms with Gasteiger partial charge < -0.3 is 14.9 Å². The molecule has 1 heterocycles. The number of phosphoric ester groups is 1. The van der Waals surface area contributed by atoms with Crippen LogP contribution in [0.2, 0.25) is 0 Å². The van der Waals surface area contributed by atoms with Crippen LogP contribution in [-0.2, 0) is 9.09 Å². The average molecular weight is 247 g/mol. The van der Waals surface area contributed by atoms with Gasteiger partial charge in [0.15, 0.2) is 6.79 Å². The van der Waals surface area contributed by atoms with Crippen LogP contribution >= 0.6 is 7.82 Å². The number of benzene rings is 1. The Hall–Kier alpha value is -1.31. The number of phosphoric acid groups is 1. The summed E-state index contributed by atoms with van der Waals surface area (Å²) in [4.78, 5) is 15.5. The Bertz CT molecular complexity index is 451. The summed E-state index contributed by atoms with van der Waals surface area (Å²) in [6, 6.07) is 7.74. The average Bonchev–Trinajstić information content (AvgIpc) is 2.64. The highest BCUT2D eigenvalue weighted by Gasteiger charge is 2.10. The van der Waals surface area contributed by atoms with Crippen LogP contribution < -0.4 is 0 Å². The molecule has 16 heavy (non-hydrogen) atoms. The van der Waals surface area contributed by atoms with Crippen LogP contribution in [0, 0.1) is 0 Å². The SMILES string of the molecule is O=P(O)(O)OCO.c1ccc2[nH]nnc2c1. The minimum absolute atomic E-state index is 0.914. The zero-order chi connectivity index (χ0) is 12.0. The second kappa shape index (κ2) is 5.69. The molecule has 0 spiro atoms. The van der Waals surface area contributed by atoms with Gasteiger partial charge in [-0.05, 0) is 12.1 Å². The van der Waals surface area contributed by atoms with Crippen LogP contribution in [0.25, 0.3) is 11.0 Å². The van der Waals surface area contributed by atoms with E-state index in [9.17, 15) is 4.57 Å². The third kappa shape index (κ3) is 4.47. The van der Waals surface area contributed by atoms with Crippen molar-refractivity contribution in [1.82, 2.24) is 15.4 Å². The van der Waals surface area contributed by atoms with Gasteiger partial charge in [0.25, 0.3) is 0 Å². The van der Waals surface area contributed by atoms with E-state index in [0.29, 0.717) is 0 Å². The fraction of sp³-hybridized carbons (Fsp3) is 0.143. The van der Waals surface area contributed by atoms with Crippen molar-refractivity contribution in [2.45, 2.75) is 0 Å². The molecule has 0 atom stereocenters. The lowest BCUT2D eigenvalue weighted by molar-refractivity contribution is 0.0659. The molecule has 1 aromatic carbocycles. The number of aromatic amines is 1. The molecule has 88 valence electrons. The number of H-pyrrole nitrogens is 1. The molecule has 0 saturated heterocycles. The van der Waals surface area contributed by atoms with Crippen LogP contribution in [0.15, 0.2) is 24.3 Å². The van der Waals surface area contributed by atoms with Crippen LogP contribution in [-0.4, -0.2) is 37.1 Å². The van der Waals surface area contributed by atoms with Gasteiger partial charge in [0.05, 0.1) is 5.52 Å². The molecule has 0 aliphatic rings. The molecule has 0 radical (unpaired) electrons. The van der Waals surface area contributed by atoms with Gasteiger partial charge in [0, 0.05) is 0 Å². The lowest BCUT2D eigenvalue weighted by Crippen LogP contribution is -1.87. The number of nitrogens with zero attached hydrogens (tertiary/aromatic N) is 2. The largest absolute Gasteiger partial charge is 0.471 e. The van der Waals surface area contributed by atoms with Gasteiger partial charge in [-0.1, -0.05) is 17.3 Å². The Kier molecular flexibility index (Phi) is 4.53. The summed E-state index contributed by atoms with van der Waals surface area (Å²) < 4.78 is 13.0. The second-order valence-electron chi connectivity index (χ2n) is 2.58. The molecule has 0 aliphatic carbocycles. The molecule has 1 aromatic heterocycles. The molecule has 0 unspecified atom stereocenters. The van der Waals surface area contributed by atoms with Crippen LogP contribution in [0.3, 0.4) is 0 Å². The summed E-state index contributed by atoms with van der Waals surface area (Å²) in [6.45, 7) is -0.954. The van der Waals surface area contributed by atoms with Crippen LogP contribution in [0.5, 0.6) is 0 Å². The molecular weight excluding hydrogens is 237 g/mol. The summed E-state index contributed by atoms with van der Waals surface area (Å²) in [5.41, 5.74) is 1.90. The number of aromatic nitrogens is 3. The van der Waals surface area contributed by atoms with Crippen LogP contribution in [0.4, 0.5) is 0 Å². The highest BCUT2D eigenvalue weighted by atomic mass is 31.2. The fourth-order valence-electron chi connectivity index (χ4n) is 0.863. The Morgan fingerprint density at radius 3 is 2.56 bits per heavy atom. The maximum Gasteiger partial charge on any atom is 0.471 e. The predicted octanol–water partition coefficient (Wildman–Crippen LogP) is 0.00340. The third-order valence-corrected chi connectivity index (χ3v) is 1.91. The maximum absolute atomic E-state index is 9.54. The Morgan fingerprint density at radius 2 is 2.06 bits per heavy atom. The first-order chi connectivity index (χ1) is 7.53. The second-order valence-corrected chi connectivity index (χ2v) is 3.82. The molecular formula is C7H10N3O5P. The van der Waals surface area contributed by atoms with Crippen molar-refractivity contribution in [2.75, 3.05) is 6.79 Å². The molecule has 2 aromatic rings. The van der Waals surface area contributed by atoms with Crippen molar-refractivity contribution in [1.29, 1.82) is 0 Å². The summed E-state index contributed by atoms with van der Waals surface area (Å²) >= 11 is 0. The minimum atomic E-state index is -4.42. The van der Waals surface area contributed by atoms with Crippen molar-refractivity contribution >= 4 is 18.9 Å². The molecule has 4 N–H and O–H groups in total. The van der Waals surface area contributed by atoms with Crippen molar-refractivity contribution in [2.24, 2.45) is 0 Å². The number of para-hydroxylation sites is 1. The normalized spacial score (nSPS) is 10.9. The Morgan fingerprint density at radius 1 is 1.38 bits per heavy atom. The quantitative estimate of drug-likeness (QED) is 0.434. The standard InChI is InChI=1S/C6H5N3.CH5O5P/c1-2-4-6-5(3-1)7-9-8-6;2-1-6-7(3,4)5/h1-4H,(H,7,8,9);2H,1H2,(H2,3,4,5). The first kappa shape index (κ1) is 12.8. The van der Waals surface area contributed by atoms with Crippen LogP contribution in [0.1, 0.15) is 0 Å². The summed E-state index contributed by atoms with van der Waals surface area (Å²) in [5, 5.41) is 17.9. The van der Waals surface area contributed by atoms with Gasteiger partial charge in [-0.25, -0.2) is 4.57 Å². The van der Waals surface area contributed by atoms with E-state index in [2.05, 4.69) is 19.9 Å². The third-order valence-electron chi connectivity index (χ3n) is 1.46. The van der Waals surface area contributed by atoms with Gasteiger partial charge in [0.1, 0.15) is 5.52 Å². The van der Waals surface area contributed by atoms with Gasteiger partial charge in [-0.2, -0.15) is 0 Å². The number of aliphatic hydroxyl groups is 1. The highest BCUT2D eigenvalue weighted by Crippen LogP contribution is 2.34. The highest BCUT2D eigenvalue weighted by molar-refractivity contribution is 7.46. The molecule has 0 amide bonds. The van der Waals surface area contributed by atoms with E-state index in [-0.39, 0.29) is 0 Å². The summed E-state index contributed by atoms with van der Waals surface area (Å²) in [5.74, 6) is 0. The van der Waals surface area contributed by atoms with E-state index < -0.39 is 14.6 Å². The van der Waals surface area contributed by atoms with Crippen molar-refractivity contribution < 1.29 is 24.0 Å². The summed E-state index contributed by atoms with van der Waals surface area (Å²) in [7, 11) is -4.42. The number of hydrogen-bond donors (Lipinski definition) is 4. The topological polar surface area (TPSA) is 129 Å². The number of rotatable bonds is 2. The van der Waals surface area contributed by atoms with Gasteiger partial charge in [-0.3, -0.25) is 9.62 Å². The van der Waals surface area contributed by atoms with E-state index in [0.717, 1.165) is 11.0 Å². The molecule has 0 saturated carbocycles. The molecule has 2 rings (SSSR count). The van der Waals surface area contributed by atoms with E-state index in [1.54, 1.807) is 0 Å². The smallest absolute Gasteiger partial charge is 0.370 e. The van der Waals surface area contributed by atoms with Gasteiger partial charge in [0.2, 0.25) is 0 Å². The Balaban J connectivity index is 0.000000168. The van der Waals surface area contributed by atoms with Crippen molar-refractivity contribution in [3.63, 3.8) is 0 Å². The molecule has 8 nitrogen and oxygen atoms in total. The monoisotopic (exact) mass is 247 g/mol. The minimum Gasteiger partial charge on any atom is -0.370 e. The number of hydrogen-bond acceptors (Lipinski definition) is 5. The van der Waals surface area contributed by atoms with E-state index in [4.69, 9.17) is 14.9 Å². The van der Waals surface area contributed by atoms with Crippen molar-refractivity contribution in [3.05, 3.63) is 24.3 Å². The van der Waals surface area contributed by atoms with E-state index in [1.807, 2.05) is 24.3 Å². The van der Waals surface area contributed by atoms with Crippen molar-refractivity contribution in [3.8, 4) is 0 Å². The molecule has 0 aliphatic heterocycles. The first-order valence-corrected chi connectivity index (χ1v) is 5.62. The molecule has 0 fully saturated rings. The lowest BCUT2D eigenvalue weighted by Gasteiger charge is -1.97. The van der Waals surface area contributed by atoms with Gasteiger partial charge >= 0.3 is 7.82 Å². The summed E-state index contributed by atoms with van der Waals surface area (Å²) in [6.07, 6.45) is 0. The predicted molar refractivity (Wildman–Crippen MR) is 54.1 cm³/mol. The Labute approximate surface area is 90.1 Å². The van der Waals surface area contributed by atoms with E-state index >= 15 is 0 Å². The van der Waals surface area contributed by atoms with E-state index in [1.165, 1.54) is 0 Å². The molecule has 9 heteroatoms. The first-order valence-electron chi connectivity index (χ1n) is 4.09. The number of fused-ring (bicyclic) bond motifs is 1. The molecule has 0 bridgehead atoms. The number of nitrogens with one attached hydrogen (secondary N) is 1. The maximum atomic E-state index is 9.54. The zero-order valence-corrected chi connectivity index (χ0v) is 8.91.